The monoisotopic (exact) mass is 250 g/mol. The third kappa shape index (κ3) is 3.82. The van der Waals surface area contributed by atoms with Gasteiger partial charge in [-0.25, -0.2) is 0 Å². The average Bonchev–Trinajstić information content (AvgIpc) is 2.20. The van der Waals surface area contributed by atoms with Gasteiger partial charge in [0.1, 0.15) is 0 Å². The summed E-state index contributed by atoms with van der Waals surface area (Å²) in [5.74, 6) is -0.0721. The molecule has 92 valence electrons. The third-order valence-electron chi connectivity index (χ3n) is 2.68. The van der Waals surface area contributed by atoms with Crippen molar-refractivity contribution < 1.29 is 4.79 Å². The maximum atomic E-state index is 11.9. The van der Waals surface area contributed by atoms with E-state index < -0.39 is 5.54 Å². The van der Waals surface area contributed by atoms with Crippen molar-refractivity contribution in [1.29, 1.82) is 0 Å². The number of hydrogen-bond acceptors (Lipinski definition) is 2. The fraction of sp³-hybridized carbons (Fsp3) is 0.385. The molecule has 0 atom stereocenters. The van der Waals surface area contributed by atoms with Crippen LogP contribution in [0.3, 0.4) is 0 Å². The molecule has 0 fully saturated rings. The molecule has 3 nitrogen and oxygen atoms in total. The van der Waals surface area contributed by atoms with Crippen LogP contribution in [0.5, 0.6) is 0 Å². The average molecular weight is 250 g/mol. The molecular weight excluding hydrogens is 232 g/mol. The number of aryl methyl sites for hydroxylation is 1. The van der Waals surface area contributed by atoms with E-state index in [0.717, 1.165) is 11.1 Å². The van der Waals surface area contributed by atoms with Gasteiger partial charge in [0, 0.05) is 0 Å². The highest BCUT2D eigenvalue weighted by Gasteiger charge is 2.23. The van der Waals surface area contributed by atoms with E-state index in [9.17, 15) is 4.79 Å². The summed E-state index contributed by atoms with van der Waals surface area (Å²) in [5.41, 5.74) is 7.04. The van der Waals surface area contributed by atoms with E-state index in [-0.39, 0.29) is 10.9 Å². The molecule has 1 amide bonds. The van der Waals surface area contributed by atoms with Crippen molar-refractivity contribution in [2.45, 2.75) is 32.7 Å². The quantitative estimate of drug-likeness (QED) is 0.800. The minimum atomic E-state index is -0.644. The zero-order valence-electron chi connectivity index (χ0n) is 10.4. The number of hydrogen-bond donors (Lipinski definition) is 2. The molecule has 3 N–H and O–H groups in total. The van der Waals surface area contributed by atoms with Gasteiger partial charge in [-0.2, -0.15) is 0 Å². The number of carbonyl (C=O) groups excluding carboxylic acids is 1. The van der Waals surface area contributed by atoms with Gasteiger partial charge in [0.05, 0.1) is 16.9 Å². The molecule has 0 aliphatic carbocycles. The zero-order chi connectivity index (χ0) is 13.1. The van der Waals surface area contributed by atoms with Crippen molar-refractivity contribution in [1.82, 2.24) is 5.32 Å². The first-order chi connectivity index (χ1) is 7.83. The summed E-state index contributed by atoms with van der Waals surface area (Å²) in [6, 6.07) is 7.81. The Labute approximate surface area is 107 Å². The lowest BCUT2D eigenvalue weighted by Gasteiger charge is -2.24. The topological polar surface area (TPSA) is 55.1 Å². The van der Waals surface area contributed by atoms with Crippen LogP contribution in [0.4, 0.5) is 0 Å². The van der Waals surface area contributed by atoms with Crippen LogP contribution in [0.1, 0.15) is 25.0 Å². The van der Waals surface area contributed by atoms with Crippen molar-refractivity contribution >= 4 is 23.1 Å². The zero-order valence-corrected chi connectivity index (χ0v) is 11.2. The minimum Gasteiger partial charge on any atom is -0.391 e. The number of thiocarbonyl (C=S) groups is 1. The Balaban J connectivity index is 2.69. The Morgan fingerprint density at radius 1 is 1.41 bits per heavy atom. The highest BCUT2D eigenvalue weighted by Crippen LogP contribution is 2.09. The van der Waals surface area contributed by atoms with Gasteiger partial charge >= 0.3 is 0 Å². The van der Waals surface area contributed by atoms with Gasteiger partial charge in [-0.1, -0.05) is 36.5 Å². The molecular formula is C13H18N2OS. The van der Waals surface area contributed by atoms with Crippen molar-refractivity contribution in [3.8, 4) is 0 Å². The van der Waals surface area contributed by atoms with Gasteiger partial charge in [0.15, 0.2) is 0 Å². The molecule has 1 aromatic rings. The van der Waals surface area contributed by atoms with Crippen molar-refractivity contribution in [2.24, 2.45) is 5.73 Å². The molecule has 1 rings (SSSR count). The summed E-state index contributed by atoms with van der Waals surface area (Å²) in [6.45, 7) is 5.58. The van der Waals surface area contributed by atoms with Gasteiger partial charge in [0.25, 0.3) is 0 Å². The number of nitrogens with one attached hydrogen (secondary N) is 1. The van der Waals surface area contributed by atoms with Gasteiger partial charge in [-0.05, 0) is 31.9 Å². The Morgan fingerprint density at radius 3 is 2.53 bits per heavy atom. The Kier molecular flexibility index (Phi) is 4.23. The van der Waals surface area contributed by atoms with Crippen LogP contribution in [0.25, 0.3) is 0 Å². The van der Waals surface area contributed by atoms with Gasteiger partial charge in [0.2, 0.25) is 5.91 Å². The molecule has 4 heteroatoms. The molecule has 0 saturated heterocycles. The Morgan fingerprint density at radius 2 is 2.00 bits per heavy atom. The second kappa shape index (κ2) is 5.27. The molecule has 1 aromatic carbocycles. The summed E-state index contributed by atoms with van der Waals surface area (Å²) in [7, 11) is 0. The molecule has 0 heterocycles. The summed E-state index contributed by atoms with van der Waals surface area (Å²) in [6.07, 6.45) is 0.346. The van der Waals surface area contributed by atoms with E-state index in [2.05, 4.69) is 5.32 Å². The van der Waals surface area contributed by atoms with Crippen molar-refractivity contribution in [3.05, 3.63) is 35.4 Å². The first-order valence-electron chi connectivity index (χ1n) is 5.48. The third-order valence-corrected chi connectivity index (χ3v) is 3.19. The van der Waals surface area contributed by atoms with Crippen LogP contribution < -0.4 is 11.1 Å². The normalized spacial score (nSPS) is 11.0. The number of rotatable bonds is 4. The second-order valence-electron chi connectivity index (χ2n) is 4.64. The van der Waals surface area contributed by atoms with Gasteiger partial charge < -0.3 is 11.1 Å². The lowest BCUT2D eigenvalue weighted by Crippen LogP contribution is -2.52. The number of nitrogens with two attached hydrogens (primary N) is 1. The van der Waals surface area contributed by atoms with E-state index in [4.69, 9.17) is 18.0 Å². The maximum Gasteiger partial charge on any atom is 0.225 e. The highest BCUT2D eigenvalue weighted by atomic mass is 32.1. The fourth-order valence-corrected chi connectivity index (χ4v) is 1.49. The summed E-state index contributed by atoms with van der Waals surface area (Å²) < 4.78 is 0. The van der Waals surface area contributed by atoms with Gasteiger partial charge in [-0.15, -0.1) is 0 Å². The van der Waals surface area contributed by atoms with Crippen LogP contribution >= 0.6 is 12.2 Å². The van der Waals surface area contributed by atoms with E-state index in [1.165, 1.54) is 0 Å². The minimum absolute atomic E-state index is 0.0721. The number of amides is 1. The van der Waals surface area contributed by atoms with Gasteiger partial charge in [-0.3, -0.25) is 4.79 Å². The van der Waals surface area contributed by atoms with Crippen LogP contribution in [0.2, 0.25) is 0 Å². The fourth-order valence-electron chi connectivity index (χ4n) is 1.44. The lowest BCUT2D eigenvalue weighted by molar-refractivity contribution is -0.121. The molecule has 0 aromatic heterocycles. The van der Waals surface area contributed by atoms with E-state index in [1.54, 1.807) is 13.8 Å². The molecule has 17 heavy (non-hydrogen) atoms. The molecule has 0 spiro atoms. The molecule has 0 aliphatic heterocycles. The summed E-state index contributed by atoms with van der Waals surface area (Å²) >= 11 is 4.90. The predicted octanol–water partition coefficient (Wildman–Crippen LogP) is 1.72. The standard InChI is InChI=1S/C13H18N2OS/c1-9-6-4-5-7-10(9)8-11(16)15-13(2,3)12(14)17/h4-7H,8H2,1-3H3,(H2,14,17)(H,15,16). The highest BCUT2D eigenvalue weighted by molar-refractivity contribution is 7.80. The molecule has 0 saturated carbocycles. The van der Waals surface area contributed by atoms with E-state index >= 15 is 0 Å². The smallest absolute Gasteiger partial charge is 0.225 e. The van der Waals surface area contributed by atoms with Crippen molar-refractivity contribution in [2.75, 3.05) is 0 Å². The Bertz CT molecular complexity index is 441. The molecule has 0 radical (unpaired) electrons. The first-order valence-corrected chi connectivity index (χ1v) is 5.89. The van der Waals surface area contributed by atoms with Crippen molar-refractivity contribution in [3.63, 3.8) is 0 Å². The Hall–Kier alpha value is -1.42. The second-order valence-corrected chi connectivity index (χ2v) is 5.08. The van der Waals surface area contributed by atoms with E-state index in [1.807, 2.05) is 31.2 Å². The summed E-state index contributed by atoms with van der Waals surface area (Å²) in [5, 5.41) is 2.83. The SMILES string of the molecule is Cc1ccccc1CC(=O)NC(C)(C)C(N)=S. The van der Waals surface area contributed by atoms with Crippen LogP contribution in [0.15, 0.2) is 24.3 Å². The van der Waals surface area contributed by atoms with Crippen LogP contribution in [0, 0.1) is 6.92 Å². The molecule has 0 bridgehead atoms. The maximum absolute atomic E-state index is 11.9. The largest absolute Gasteiger partial charge is 0.391 e. The number of benzene rings is 1. The first kappa shape index (κ1) is 13.6. The number of carbonyl (C=O) groups is 1. The molecule has 0 unspecified atom stereocenters. The predicted molar refractivity (Wildman–Crippen MR) is 73.9 cm³/mol. The molecule has 0 aliphatic rings. The van der Waals surface area contributed by atoms with E-state index in [0.29, 0.717) is 6.42 Å². The summed E-state index contributed by atoms with van der Waals surface area (Å²) in [4.78, 5) is 12.1. The van der Waals surface area contributed by atoms with Crippen LogP contribution in [-0.2, 0) is 11.2 Å². The van der Waals surface area contributed by atoms with Crippen LogP contribution in [-0.4, -0.2) is 16.4 Å². The lowest BCUT2D eigenvalue weighted by atomic mass is 10.0.